The predicted molar refractivity (Wildman–Crippen MR) is 103 cm³/mol. The normalized spacial score (nSPS) is 22.9. The highest BCUT2D eigenvalue weighted by atomic mass is 19.1. The number of amides is 1. The quantitative estimate of drug-likeness (QED) is 0.618. The van der Waals surface area contributed by atoms with Crippen molar-refractivity contribution >= 4 is 16.9 Å². The molecule has 2 aromatic rings. The van der Waals surface area contributed by atoms with E-state index < -0.39 is 0 Å². The number of benzene rings is 1. The van der Waals surface area contributed by atoms with E-state index in [2.05, 4.69) is 22.2 Å². The zero-order valence-corrected chi connectivity index (χ0v) is 15.8. The molecule has 1 saturated carbocycles. The predicted octanol–water partition coefficient (Wildman–Crippen LogP) is 2.67. The Morgan fingerprint density at radius 1 is 1.44 bits per heavy atom. The van der Waals surface area contributed by atoms with Crippen LogP contribution in [0.25, 0.3) is 11.0 Å². The number of carbonyl (C=O) groups is 1. The summed E-state index contributed by atoms with van der Waals surface area (Å²) in [5.74, 6) is 0.583. The van der Waals surface area contributed by atoms with Gasteiger partial charge in [-0.2, -0.15) is 0 Å². The number of hydrogen-bond donors (Lipinski definition) is 3. The molecule has 4 N–H and O–H groups in total. The molecule has 0 radical (unpaired) electrons. The molecule has 1 aromatic carbocycles. The maximum Gasteiger partial charge on any atom is 0.223 e. The minimum atomic E-state index is -0.279. The number of aromatic nitrogens is 2. The van der Waals surface area contributed by atoms with Crippen LogP contribution in [0.15, 0.2) is 18.2 Å². The van der Waals surface area contributed by atoms with Gasteiger partial charge in [0.25, 0.3) is 0 Å². The molecule has 27 heavy (non-hydrogen) atoms. The first-order valence-corrected chi connectivity index (χ1v) is 9.86. The SMILES string of the molecule is CCCO[C@H]1C[C@@H](C(=O)NCCCc2nc3ccc(F)cc3[nH]2)CC[C@@H]1N. The molecule has 1 amide bonds. The summed E-state index contributed by atoms with van der Waals surface area (Å²) in [6.45, 7) is 3.35. The number of aromatic amines is 1. The van der Waals surface area contributed by atoms with E-state index in [1.165, 1.54) is 12.1 Å². The number of ether oxygens (including phenoxy) is 1. The summed E-state index contributed by atoms with van der Waals surface area (Å²) in [7, 11) is 0. The molecule has 7 heteroatoms. The van der Waals surface area contributed by atoms with Gasteiger partial charge >= 0.3 is 0 Å². The fraction of sp³-hybridized carbons (Fsp3) is 0.600. The van der Waals surface area contributed by atoms with Crippen molar-refractivity contribution in [3.8, 4) is 0 Å². The fourth-order valence-electron chi connectivity index (χ4n) is 3.62. The van der Waals surface area contributed by atoms with E-state index in [4.69, 9.17) is 10.5 Å². The topological polar surface area (TPSA) is 93.0 Å². The molecule has 1 fully saturated rings. The van der Waals surface area contributed by atoms with Gasteiger partial charge in [-0.25, -0.2) is 9.37 Å². The van der Waals surface area contributed by atoms with Crippen LogP contribution < -0.4 is 11.1 Å². The monoisotopic (exact) mass is 376 g/mol. The van der Waals surface area contributed by atoms with Gasteiger partial charge < -0.3 is 20.8 Å². The van der Waals surface area contributed by atoms with Crippen LogP contribution in [0.4, 0.5) is 4.39 Å². The van der Waals surface area contributed by atoms with Gasteiger partial charge in [-0.15, -0.1) is 0 Å². The molecule has 0 aliphatic heterocycles. The van der Waals surface area contributed by atoms with Crippen molar-refractivity contribution in [2.24, 2.45) is 11.7 Å². The van der Waals surface area contributed by atoms with Crippen molar-refractivity contribution < 1.29 is 13.9 Å². The molecule has 0 spiro atoms. The smallest absolute Gasteiger partial charge is 0.223 e. The highest BCUT2D eigenvalue weighted by Gasteiger charge is 2.32. The number of nitrogens with zero attached hydrogens (tertiary/aromatic N) is 1. The summed E-state index contributed by atoms with van der Waals surface area (Å²) in [5.41, 5.74) is 7.58. The Hall–Kier alpha value is -1.99. The fourth-order valence-corrected chi connectivity index (χ4v) is 3.62. The Kier molecular flexibility index (Phi) is 6.79. The van der Waals surface area contributed by atoms with E-state index in [0.717, 1.165) is 37.0 Å². The molecule has 0 unspecified atom stereocenters. The number of nitrogens with two attached hydrogens (primary N) is 1. The molecule has 6 nitrogen and oxygen atoms in total. The second-order valence-electron chi connectivity index (χ2n) is 7.32. The van der Waals surface area contributed by atoms with Crippen molar-refractivity contribution in [2.45, 2.75) is 57.6 Å². The maximum atomic E-state index is 13.2. The second-order valence-corrected chi connectivity index (χ2v) is 7.32. The maximum absolute atomic E-state index is 13.2. The van der Waals surface area contributed by atoms with Gasteiger partial charge in [0.15, 0.2) is 0 Å². The molecular formula is C20H29FN4O2. The van der Waals surface area contributed by atoms with Gasteiger partial charge in [0.05, 0.1) is 17.1 Å². The van der Waals surface area contributed by atoms with Crippen molar-refractivity contribution in [2.75, 3.05) is 13.2 Å². The van der Waals surface area contributed by atoms with Crippen LogP contribution in [0.1, 0.15) is 44.9 Å². The van der Waals surface area contributed by atoms with Crippen LogP contribution in [-0.2, 0) is 16.0 Å². The third-order valence-electron chi connectivity index (χ3n) is 5.13. The van der Waals surface area contributed by atoms with Crippen LogP contribution in [-0.4, -0.2) is 41.2 Å². The Bertz CT molecular complexity index is 764. The Balaban J connectivity index is 1.42. The van der Waals surface area contributed by atoms with Crippen molar-refractivity contribution in [3.05, 3.63) is 29.8 Å². The van der Waals surface area contributed by atoms with Crippen LogP contribution in [0.5, 0.6) is 0 Å². The molecule has 1 heterocycles. The lowest BCUT2D eigenvalue weighted by Crippen LogP contribution is -2.46. The van der Waals surface area contributed by atoms with Crippen LogP contribution in [0, 0.1) is 11.7 Å². The highest BCUT2D eigenvalue weighted by Crippen LogP contribution is 2.26. The van der Waals surface area contributed by atoms with Gasteiger partial charge in [0.2, 0.25) is 5.91 Å². The summed E-state index contributed by atoms with van der Waals surface area (Å²) < 4.78 is 19.0. The van der Waals surface area contributed by atoms with Crippen LogP contribution in [0.2, 0.25) is 0 Å². The largest absolute Gasteiger partial charge is 0.377 e. The molecule has 148 valence electrons. The van der Waals surface area contributed by atoms with E-state index in [-0.39, 0.29) is 29.8 Å². The number of carbonyl (C=O) groups excluding carboxylic acids is 1. The standard InChI is InChI=1S/C20H29FN4O2/c1-2-10-27-18-11-13(5-7-15(18)22)20(26)23-9-3-4-19-24-16-8-6-14(21)12-17(16)25-19/h6,8,12-13,15,18H,2-5,7,9-11,22H2,1H3,(H,23,26)(H,24,25)/t13-,15-,18-/m0/s1. The van der Waals surface area contributed by atoms with E-state index in [9.17, 15) is 9.18 Å². The van der Waals surface area contributed by atoms with Gasteiger partial charge in [-0.1, -0.05) is 6.92 Å². The molecular weight excluding hydrogens is 347 g/mol. The molecule has 1 aliphatic rings. The number of nitrogens with one attached hydrogen (secondary N) is 2. The van der Waals surface area contributed by atoms with E-state index >= 15 is 0 Å². The van der Waals surface area contributed by atoms with Crippen molar-refractivity contribution in [3.63, 3.8) is 0 Å². The number of fused-ring (bicyclic) bond motifs is 1. The zero-order valence-electron chi connectivity index (χ0n) is 15.8. The lowest BCUT2D eigenvalue weighted by molar-refractivity contribution is -0.128. The highest BCUT2D eigenvalue weighted by molar-refractivity contribution is 5.78. The first kappa shape index (κ1) is 19.8. The number of aryl methyl sites for hydroxylation is 1. The summed E-state index contributed by atoms with van der Waals surface area (Å²) in [6, 6.07) is 4.54. The third kappa shape index (κ3) is 5.26. The first-order chi connectivity index (χ1) is 13.1. The van der Waals surface area contributed by atoms with Gasteiger partial charge in [0.1, 0.15) is 11.6 Å². The summed E-state index contributed by atoms with van der Waals surface area (Å²) in [5, 5.41) is 3.02. The first-order valence-electron chi connectivity index (χ1n) is 9.86. The van der Waals surface area contributed by atoms with Gasteiger partial charge in [-0.3, -0.25) is 4.79 Å². The van der Waals surface area contributed by atoms with Crippen LogP contribution in [0.3, 0.4) is 0 Å². The van der Waals surface area contributed by atoms with E-state index in [1.807, 2.05) is 0 Å². The number of hydrogen-bond acceptors (Lipinski definition) is 4. The van der Waals surface area contributed by atoms with Crippen LogP contribution >= 0.6 is 0 Å². The number of rotatable bonds is 8. The number of halogens is 1. The lowest BCUT2D eigenvalue weighted by Gasteiger charge is -2.33. The average Bonchev–Trinajstić information content (AvgIpc) is 3.06. The molecule has 0 bridgehead atoms. The summed E-state index contributed by atoms with van der Waals surface area (Å²) >= 11 is 0. The lowest BCUT2D eigenvalue weighted by atomic mass is 9.83. The van der Waals surface area contributed by atoms with Crippen molar-refractivity contribution in [1.29, 1.82) is 0 Å². The van der Waals surface area contributed by atoms with E-state index in [0.29, 0.717) is 31.5 Å². The molecule has 1 aromatic heterocycles. The molecule has 3 rings (SSSR count). The number of H-pyrrole nitrogens is 1. The second kappa shape index (κ2) is 9.28. The molecule has 1 aliphatic carbocycles. The Morgan fingerprint density at radius 2 is 2.30 bits per heavy atom. The minimum absolute atomic E-state index is 0.0228. The minimum Gasteiger partial charge on any atom is -0.377 e. The van der Waals surface area contributed by atoms with Gasteiger partial charge in [-0.05, 0) is 50.3 Å². The average molecular weight is 376 g/mol. The van der Waals surface area contributed by atoms with Gasteiger partial charge in [0, 0.05) is 31.5 Å². The summed E-state index contributed by atoms with van der Waals surface area (Å²) in [4.78, 5) is 20.0. The zero-order chi connectivity index (χ0) is 19.2. The number of imidazole rings is 1. The third-order valence-corrected chi connectivity index (χ3v) is 5.13. The van der Waals surface area contributed by atoms with E-state index in [1.54, 1.807) is 6.07 Å². The Morgan fingerprint density at radius 3 is 3.11 bits per heavy atom. The molecule has 3 atom stereocenters. The van der Waals surface area contributed by atoms with Crippen molar-refractivity contribution in [1.82, 2.24) is 15.3 Å². The molecule has 0 saturated heterocycles. The summed E-state index contributed by atoms with van der Waals surface area (Å²) in [6.07, 6.45) is 4.74. The Labute approximate surface area is 159 Å².